The lowest BCUT2D eigenvalue weighted by atomic mass is 10.5. The summed E-state index contributed by atoms with van der Waals surface area (Å²) in [6.45, 7) is 0. The van der Waals surface area contributed by atoms with Crippen LogP contribution in [0.4, 0.5) is 8.78 Å². The smallest absolute Gasteiger partial charge is 0.250 e. The van der Waals surface area contributed by atoms with Gasteiger partial charge in [0.25, 0.3) is 0 Å². The summed E-state index contributed by atoms with van der Waals surface area (Å²) in [5.74, 6) is 0. The van der Waals surface area contributed by atoms with Gasteiger partial charge in [-0.1, -0.05) is 29.3 Å². The van der Waals surface area contributed by atoms with Crippen molar-refractivity contribution >= 4 is 35.0 Å². The molecule has 0 bridgehead atoms. The molecule has 1 aromatic heterocycles. The van der Waals surface area contributed by atoms with Crippen LogP contribution < -0.4 is 0 Å². The highest BCUT2D eigenvalue weighted by Gasteiger charge is 2.38. The maximum absolute atomic E-state index is 12.9. The Labute approximate surface area is 88.4 Å². The molecule has 0 aliphatic carbocycles. The molecule has 1 nitrogen and oxygen atoms in total. The summed E-state index contributed by atoms with van der Waals surface area (Å²) in [4.78, 5) is 1.98. The summed E-state index contributed by atoms with van der Waals surface area (Å²) in [6.07, 6.45) is 1.43. The van der Waals surface area contributed by atoms with Crippen molar-refractivity contribution in [3.8, 4) is 0 Å². The molecule has 0 N–H and O–H groups in total. The van der Waals surface area contributed by atoms with Crippen molar-refractivity contribution < 1.29 is 8.78 Å². The summed E-state index contributed by atoms with van der Waals surface area (Å²) >= 11 is 10.4. The van der Waals surface area contributed by atoms with E-state index in [-0.39, 0.29) is 16.8 Å². The largest absolute Gasteiger partial charge is 0.329 e. The second-order valence-electron chi connectivity index (χ2n) is 2.13. The van der Waals surface area contributed by atoms with Crippen LogP contribution in [0.3, 0.4) is 0 Å². The molecule has 0 atom stereocenters. The van der Waals surface area contributed by atoms with Crippen LogP contribution in [0.25, 0.3) is 0 Å². The molecule has 0 saturated heterocycles. The molecule has 0 fully saturated rings. The summed E-state index contributed by atoms with van der Waals surface area (Å²) in [5, 5.41) is -3.02. The average Bonchev–Trinajstić information content (AvgIpc) is 2.05. The van der Waals surface area contributed by atoms with Crippen molar-refractivity contribution in [2.75, 3.05) is 0 Å². The van der Waals surface area contributed by atoms with Crippen molar-refractivity contribution in [3.63, 3.8) is 0 Å². The minimum atomic E-state index is -3.21. The molecule has 1 aromatic rings. The minimum Gasteiger partial charge on any atom is -0.250 e. The van der Waals surface area contributed by atoms with E-state index in [0.29, 0.717) is 0 Å². The van der Waals surface area contributed by atoms with Gasteiger partial charge >= 0.3 is 5.25 Å². The summed E-state index contributed by atoms with van der Waals surface area (Å²) in [6, 6.07) is 4.72. The van der Waals surface area contributed by atoms with Crippen molar-refractivity contribution in [2.24, 2.45) is 0 Å². The van der Waals surface area contributed by atoms with E-state index in [1.165, 1.54) is 12.3 Å². The lowest BCUT2D eigenvalue weighted by Crippen LogP contribution is -2.19. The van der Waals surface area contributed by atoms with E-state index in [9.17, 15) is 8.78 Å². The van der Waals surface area contributed by atoms with Gasteiger partial charge in [0.2, 0.25) is 0 Å². The zero-order valence-electron chi connectivity index (χ0n) is 6.25. The van der Waals surface area contributed by atoms with Gasteiger partial charge in [-0.25, -0.2) is 4.98 Å². The third-order valence-electron chi connectivity index (χ3n) is 1.13. The molecule has 13 heavy (non-hydrogen) atoms. The first-order valence-electron chi connectivity index (χ1n) is 3.28. The first-order valence-corrected chi connectivity index (χ1v) is 4.97. The van der Waals surface area contributed by atoms with E-state index >= 15 is 0 Å². The highest BCUT2D eigenvalue weighted by atomic mass is 35.5. The highest BCUT2D eigenvalue weighted by Crippen LogP contribution is 2.41. The molecule has 0 radical (unpaired) electrons. The molecule has 6 heteroatoms. The number of alkyl halides is 4. The van der Waals surface area contributed by atoms with E-state index in [4.69, 9.17) is 23.2 Å². The number of nitrogens with zero attached hydrogens (tertiary/aromatic N) is 1. The highest BCUT2D eigenvalue weighted by molar-refractivity contribution is 8.00. The zero-order chi connectivity index (χ0) is 9.90. The fraction of sp³-hybridized carbons (Fsp3) is 0.286. The predicted octanol–water partition coefficient (Wildman–Crippen LogP) is 3.57. The number of halogens is 4. The van der Waals surface area contributed by atoms with Gasteiger partial charge in [-0.15, -0.1) is 0 Å². The SMILES string of the molecule is FC(F)(Sc1ccccn1)C(Cl)Cl. The molecule has 1 rings (SSSR count). The van der Waals surface area contributed by atoms with Crippen molar-refractivity contribution in [1.29, 1.82) is 0 Å². The molecule has 0 aliphatic heterocycles. The van der Waals surface area contributed by atoms with Crippen LogP contribution in [-0.2, 0) is 0 Å². The van der Waals surface area contributed by atoms with Crippen LogP contribution in [-0.4, -0.2) is 15.1 Å². The van der Waals surface area contributed by atoms with Gasteiger partial charge in [0.05, 0.1) is 0 Å². The van der Waals surface area contributed by atoms with Gasteiger partial charge in [-0.05, 0) is 23.9 Å². The Morgan fingerprint density at radius 2 is 2.08 bits per heavy atom. The van der Waals surface area contributed by atoms with Crippen LogP contribution in [0.5, 0.6) is 0 Å². The molecule has 0 unspecified atom stereocenters. The first-order chi connectivity index (χ1) is 6.02. The van der Waals surface area contributed by atoms with E-state index < -0.39 is 10.1 Å². The fourth-order valence-corrected chi connectivity index (χ4v) is 1.49. The fourth-order valence-electron chi connectivity index (χ4n) is 0.591. The second kappa shape index (κ2) is 4.44. The number of thioether (sulfide) groups is 1. The number of rotatable bonds is 3. The molecule has 0 aliphatic rings. The summed E-state index contributed by atoms with van der Waals surface area (Å²) in [7, 11) is 0. The Balaban J connectivity index is 2.69. The van der Waals surface area contributed by atoms with Crippen LogP contribution >= 0.6 is 35.0 Å². The Bertz CT molecular complexity index is 268. The molecule has 0 amide bonds. The molecule has 72 valence electrons. The summed E-state index contributed by atoms with van der Waals surface area (Å²) in [5.41, 5.74) is 0. The predicted molar refractivity (Wildman–Crippen MR) is 50.5 cm³/mol. The molecule has 0 aromatic carbocycles. The molecule has 0 spiro atoms. The third kappa shape index (κ3) is 3.29. The topological polar surface area (TPSA) is 12.9 Å². The van der Waals surface area contributed by atoms with E-state index in [1.54, 1.807) is 12.1 Å². The van der Waals surface area contributed by atoms with Gasteiger partial charge in [0, 0.05) is 6.20 Å². The summed E-state index contributed by atoms with van der Waals surface area (Å²) < 4.78 is 25.8. The molecule has 0 saturated carbocycles. The first kappa shape index (κ1) is 11.0. The number of hydrogen-bond acceptors (Lipinski definition) is 2. The monoisotopic (exact) mass is 243 g/mol. The Morgan fingerprint density at radius 3 is 2.54 bits per heavy atom. The minimum absolute atomic E-state index is 0.193. The van der Waals surface area contributed by atoms with Crippen LogP contribution in [0, 0.1) is 0 Å². The maximum atomic E-state index is 12.9. The van der Waals surface area contributed by atoms with Gasteiger partial charge in [-0.2, -0.15) is 8.78 Å². The van der Waals surface area contributed by atoms with Crippen LogP contribution in [0.15, 0.2) is 29.4 Å². The van der Waals surface area contributed by atoms with E-state index in [0.717, 1.165) is 0 Å². The van der Waals surface area contributed by atoms with Crippen LogP contribution in [0.2, 0.25) is 0 Å². The Morgan fingerprint density at radius 1 is 1.38 bits per heavy atom. The average molecular weight is 244 g/mol. The second-order valence-corrected chi connectivity index (χ2v) is 4.40. The Hall–Kier alpha value is -0.0600. The molecule has 1 heterocycles. The van der Waals surface area contributed by atoms with Gasteiger partial charge in [-0.3, -0.25) is 0 Å². The normalized spacial score (nSPS) is 12.1. The van der Waals surface area contributed by atoms with Gasteiger partial charge < -0.3 is 0 Å². The standard InChI is InChI=1S/C7H5Cl2F2NS/c8-6(9)7(10,11)13-5-3-1-2-4-12-5/h1-4,6H. The Kier molecular flexibility index (Phi) is 3.76. The molecular weight excluding hydrogens is 239 g/mol. The van der Waals surface area contributed by atoms with E-state index in [1.807, 2.05) is 0 Å². The van der Waals surface area contributed by atoms with E-state index in [2.05, 4.69) is 4.98 Å². The zero-order valence-corrected chi connectivity index (χ0v) is 8.58. The molecular formula is C7H5Cl2F2NS. The van der Waals surface area contributed by atoms with Gasteiger partial charge in [0.15, 0.2) is 4.84 Å². The maximum Gasteiger partial charge on any atom is 0.329 e. The lowest BCUT2D eigenvalue weighted by molar-refractivity contribution is 0.122. The van der Waals surface area contributed by atoms with Crippen LogP contribution in [0.1, 0.15) is 0 Å². The third-order valence-corrected chi connectivity index (χ3v) is 2.90. The number of hydrogen-bond donors (Lipinski definition) is 0. The lowest BCUT2D eigenvalue weighted by Gasteiger charge is -2.15. The quantitative estimate of drug-likeness (QED) is 0.595. The van der Waals surface area contributed by atoms with Gasteiger partial charge in [0.1, 0.15) is 5.03 Å². The van der Waals surface area contributed by atoms with Crippen molar-refractivity contribution in [3.05, 3.63) is 24.4 Å². The van der Waals surface area contributed by atoms with Crippen molar-refractivity contribution in [1.82, 2.24) is 4.98 Å². The number of pyridine rings is 1. The van der Waals surface area contributed by atoms with Crippen molar-refractivity contribution in [2.45, 2.75) is 15.1 Å². The number of aromatic nitrogens is 1.